The zero-order chi connectivity index (χ0) is 21.6. The average Bonchev–Trinajstić information content (AvgIpc) is 2.83. The molecule has 0 aliphatic carbocycles. The van der Waals surface area contributed by atoms with E-state index in [1.54, 1.807) is 13.3 Å². The summed E-state index contributed by atoms with van der Waals surface area (Å²) in [6, 6.07) is 14.8. The van der Waals surface area contributed by atoms with Crippen molar-refractivity contribution in [1.29, 1.82) is 0 Å². The lowest BCUT2D eigenvalue weighted by atomic mass is 9.95. The molecule has 1 aromatic carbocycles. The van der Waals surface area contributed by atoms with Crippen LogP contribution in [-0.2, 0) is 11.2 Å². The van der Waals surface area contributed by atoms with Crippen LogP contribution >= 0.6 is 0 Å². The van der Waals surface area contributed by atoms with Gasteiger partial charge in [-0.1, -0.05) is 24.3 Å². The molecule has 1 saturated heterocycles. The van der Waals surface area contributed by atoms with Crippen molar-refractivity contribution in [2.24, 2.45) is 0 Å². The molecule has 0 bridgehead atoms. The zero-order valence-electron chi connectivity index (χ0n) is 17.6. The molecule has 160 valence electrons. The maximum Gasteiger partial charge on any atom is 0.251 e. The van der Waals surface area contributed by atoms with Gasteiger partial charge < -0.3 is 14.6 Å². The minimum atomic E-state index is -0.180. The van der Waals surface area contributed by atoms with Gasteiger partial charge in [0.1, 0.15) is 11.6 Å². The number of rotatable bonds is 6. The Kier molecular flexibility index (Phi) is 6.40. The number of ether oxygens (including phenoxy) is 1. The van der Waals surface area contributed by atoms with E-state index in [9.17, 15) is 9.59 Å². The largest absolute Gasteiger partial charge is 0.496 e. The first-order valence-corrected chi connectivity index (χ1v) is 10.6. The van der Waals surface area contributed by atoms with E-state index in [-0.39, 0.29) is 17.4 Å². The summed E-state index contributed by atoms with van der Waals surface area (Å²) in [6.45, 7) is 1.32. The Bertz CT molecular complexity index is 1090. The average molecular weight is 418 g/mol. The summed E-state index contributed by atoms with van der Waals surface area (Å²) in [6.07, 6.45) is 4.34. The fourth-order valence-corrected chi connectivity index (χ4v) is 4.03. The van der Waals surface area contributed by atoms with Gasteiger partial charge in [0, 0.05) is 37.7 Å². The number of para-hydroxylation sites is 1. The van der Waals surface area contributed by atoms with Crippen LogP contribution in [0.1, 0.15) is 36.6 Å². The molecule has 1 fully saturated rings. The number of benzene rings is 1. The van der Waals surface area contributed by atoms with E-state index in [0.717, 1.165) is 24.2 Å². The van der Waals surface area contributed by atoms with E-state index in [4.69, 9.17) is 4.74 Å². The zero-order valence-corrected chi connectivity index (χ0v) is 17.6. The van der Waals surface area contributed by atoms with E-state index < -0.39 is 0 Å². The topological polar surface area (TPSA) is 88.2 Å². The van der Waals surface area contributed by atoms with Gasteiger partial charge in [-0.25, -0.2) is 4.98 Å². The van der Waals surface area contributed by atoms with Gasteiger partial charge in [-0.05, 0) is 43.0 Å². The highest BCUT2D eigenvalue weighted by molar-refractivity contribution is 5.76. The van der Waals surface area contributed by atoms with Crippen LogP contribution in [-0.4, -0.2) is 46.0 Å². The first-order valence-electron chi connectivity index (χ1n) is 10.6. The molecule has 1 aliphatic heterocycles. The predicted molar refractivity (Wildman–Crippen MR) is 118 cm³/mol. The van der Waals surface area contributed by atoms with E-state index in [1.165, 1.54) is 6.07 Å². The number of carbonyl (C=O) groups excluding carboxylic acids is 1. The van der Waals surface area contributed by atoms with Crippen LogP contribution in [0.2, 0.25) is 0 Å². The van der Waals surface area contributed by atoms with Crippen LogP contribution in [0, 0.1) is 0 Å². The summed E-state index contributed by atoms with van der Waals surface area (Å²) in [4.78, 5) is 38.6. The van der Waals surface area contributed by atoms with Gasteiger partial charge in [0.25, 0.3) is 5.56 Å². The molecule has 1 amide bonds. The summed E-state index contributed by atoms with van der Waals surface area (Å²) in [7, 11) is 1.65. The maximum atomic E-state index is 12.7. The number of hydrogen-bond acceptors (Lipinski definition) is 5. The first-order chi connectivity index (χ1) is 15.1. The fraction of sp³-hybridized carbons (Fsp3) is 0.333. The third-order valence-corrected chi connectivity index (χ3v) is 5.72. The lowest BCUT2D eigenvalue weighted by Crippen LogP contribution is -2.38. The van der Waals surface area contributed by atoms with Crippen LogP contribution in [0.3, 0.4) is 0 Å². The van der Waals surface area contributed by atoms with Gasteiger partial charge in [0.2, 0.25) is 5.91 Å². The van der Waals surface area contributed by atoms with Crippen LogP contribution in [0.5, 0.6) is 5.75 Å². The van der Waals surface area contributed by atoms with E-state index in [0.29, 0.717) is 43.1 Å². The van der Waals surface area contributed by atoms with Crippen molar-refractivity contribution in [3.05, 3.63) is 76.5 Å². The van der Waals surface area contributed by atoms with Crippen LogP contribution in [0.4, 0.5) is 0 Å². The SMILES string of the molecule is COc1ccccc1CCC(=O)N1CCC(c2nc(-c3ccccn3)cc(=O)[nH]2)CC1. The second-order valence-corrected chi connectivity index (χ2v) is 7.70. The lowest BCUT2D eigenvalue weighted by Gasteiger charge is -2.31. The number of hydrogen-bond donors (Lipinski definition) is 1. The molecule has 1 N–H and O–H groups in total. The highest BCUT2D eigenvalue weighted by atomic mass is 16.5. The molecule has 3 aromatic rings. The molecular formula is C24H26N4O3. The van der Waals surface area contributed by atoms with Crippen molar-refractivity contribution >= 4 is 5.91 Å². The number of aromatic nitrogens is 3. The number of carbonyl (C=O) groups is 1. The lowest BCUT2D eigenvalue weighted by molar-refractivity contribution is -0.132. The van der Waals surface area contributed by atoms with Crippen molar-refractivity contribution in [3.8, 4) is 17.1 Å². The number of aromatic amines is 1. The molecule has 0 atom stereocenters. The number of nitrogens with one attached hydrogen (secondary N) is 1. The number of pyridine rings is 1. The molecule has 31 heavy (non-hydrogen) atoms. The molecule has 3 heterocycles. The molecule has 0 saturated carbocycles. The summed E-state index contributed by atoms with van der Waals surface area (Å²) < 4.78 is 5.37. The van der Waals surface area contributed by atoms with Crippen LogP contribution < -0.4 is 10.3 Å². The molecule has 1 aliphatic rings. The van der Waals surface area contributed by atoms with Crippen molar-refractivity contribution < 1.29 is 9.53 Å². The van der Waals surface area contributed by atoms with Gasteiger partial charge in [-0.3, -0.25) is 14.6 Å². The minimum Gasteiger partial charge on any atom is -0.496 e. The van der Waals surface area contributed by atoms with Crippen molar-refractivity contribution in [2.45, 2.75) is 31.6 Å². The standard InChI is InChI=1S/C24H26N4O3/c1-31-21-8-3-2-6-17(21)9-10-23(30)28-14-11-18(12-15-28)24-26-20(16-22(29)27-24)19-7-4-5-13-25-19/h2-8,13,16,18H,9-12,14-15H2,1H3,(H,26,27,29). The number of piperidine rings is 1. The summed E-state index contributed by atoms with van der Waals surface area (Å²) >= 11 is 0. The van der Waals surface area contributed by atoms with Gasteiger partial charge in [0.15, 0.2) is 0 Å². The predicted octanol–water partition coefficient (Wildman–Crippen LogP) is 3.18. The minimum absolute atomic E-state index is 0.120. The third kappa shape index (κ3) is 4.99. The van der Waals surface area contributed by atoms with Crippen LogP contribution in [0.15, 0.2) is 59.5 Å². The van der Waals surface area contributed by atoms with Gasteiger partial charge in [0.05, 0.1) is 18.5 Å². The number of methoxy groups -OCH3 is 1. The van der Waals surface area contributed by atoms with E-state index in [2.05, 4.69) is 15.0 Å². The highest BCUT2D eigenvalue weighted by Crippen LogP contribution is 2.27. The molecule has 0 spiro atoms. The number of likely N-dealkylation sites (tertiary alicyclic amines) is 1. The van der Waals surface area contributed by atoms with Crippen molar-refractivity contribution in [3.63, 3.8) is 0 Å². The van der Waals surface area contributed by atoms with E-state index >= 15 is 0 Å². The smallest absolute Gasteiger partial charge is 0.251 e. The second kappa shape index (κ2) is 9.55. The monoisotopic (exact) mass is 418 g/mol. The Morgan fingerprint density at radius 1 is 1.13 bits per heavy atom. The molecule has 0 radical (unpaired) electrons. The molecule has 7 nitrogen and oxygen atoms in total. The Balaban J connectivity index is 1.37. The van der Waals surface area contributed by atoms with Gasteiger partial charge >= 0.3 is 0 Å². The molecule has 0 unspecified atom stereocenters. The van der Waals surface area contributed by atoms with Crippen molar-refractivity contribution in [2.75, 3.05) is 20.2 Å². The summed E-state index contributed by atoms with van der Waals surface area (Å²) in [5.41, 5.74) is 2.12. The van der Waals surface area contributed by atoms with Crippen LogP contribution in [0.25, 0.3) is 11.4 Å². The maximum absolute atomic E-state index is 12.7. The Labute approximate surface area is 181 Å². The molecule has 2 aromatic heterocycles. The Hall–Kier alpha value is -3.48. The van der Waals surface area contributed by atoms with Crippen molar-refractivity contribution in [1.82, 2.24) is 19.9 Å². The molecule has 7 heteroatoms. The summed E-state index contributed by atoms with van der Waals surface area (Å²) in [5, 5.41) is 0. The normalized spacial score (nSPS) is 14.4. The number of nitrogens with zero attached hydrogens (tertiary/aromatic N) is 3. The quantitative estimate of drug-likeness (QED) is 0.664. The summed E-state index contributed by atoms with van der Waals surface area (Å²) in [5.74, 6) is 1.76. The molecular weight excluding hydrogens is 392 g/mol. The number of H-pyrrole nitrogens is 1. The third-order valence-electron chi connectivity index (χ3n) is 5.72. The fourth-order valence-electron chi connectivity index (χ4n) is 4.03. The first kappa shape index (κ1) is 20.8. The number of aryl methyl sites for hydroxylation is 1. The Morgan fingerprint density at radius 2 is 1.90 bits per heavy atom. The molecule has 4 rings (SSSR count). The highest BCUT2D eigenvalue weighted by Gasteiger charge is 2.25. The van der Waals surface area contributed by atoms with E-state index in [1.807, 2.05) is 47.4 Å². The Morgan fingerprint density at radius 3 is 2.65 bits per heavy atom. The number of amides is 1. The van der Waals surface area contributed by atoms with Gasteiger partial charge in [-0.2, -0.15) is 0 Å². The second-order valence-electron chi connectivity index (χ2n) is 7.70. The van der Waals surface area contributed by atoms with Gasteiger partial charge in [-0.15, -0.1) is 0 Å².